The molecule has 0 amide bonds. The summed E-state index contributed by atoms with van der Waals surface area (Å²) < 4.78 is 0. The Balaban J connectivity index is 1.56. The average molecular weight is 210 g/mol. The van der Waals surface area contributed by atoms with Gasteiger partial charge in [0, 0.05) is 6.04 Å². The Morgan fingerprint density at radius 1 is 1.13 bits per heavy atom. The van der Waals surface area contributed by atoms with Crippen molar-refractivity contribution in [2.24, 2.45) is 5.92 Å². The maximum atomic E-state index is 3.76. The first-order valence-electron chi connectivity index (χ1n) is 6.84. The van der Waals surface area contributed by atoms with Gasteiger partial charge < -0.3 is 10.2 Å². The lowest BCUT2D eigenvalue weighted by Gasteiger charge is -2.34. The topological polar surface area (TPSA) is 15.3 Å². The molecule has 2 aliphatic rings. The van der Waals surface area contributed by atoms with E-state index in [0.717, 1.165) is 12.0 Å². The molecule has 0 aromatic carbocycles. The van der Waals surface area contributed by atoms with Crippen LogP contribution in [-0.4, -0.2) is 37.1 Å². The minimum absolute atomic E-state index is 0.818. The third kappa shape index (κ3) is 3.46. The van der Waals surface area contributed by atoms with Gasteiger partial charge in [0.2, 0.25) is 0 Å². The van der Waals surface area contributed by atoms with E-state index < -0.39 is 0 Å². The summed E-state index contributed by atoms with van der Waals surface area (Å²) in [6.07, 6.45) is 8.46. The van der Waals surface area contributed by atoms with Gasteiger partial charge >= 0.3 is 0 Å². The number of nitrogens with zero attached hydrogens (tertiary/aromatic N) is 1. The summed E-state index contributed by atoms with van der Waals surface area (Å²) in [4.78, 5) is 2.61. The Hall–Kier alpha value is -0.0800. The minimum Gasteiger partial charge on any atom is -0.314 e. The molecule has 1 heterocycles. The largest absolute Gasteiger partial charge is 0.314 e. The van der Waals surface area contributed by atoms with Crippen molar-refractivity contribution >= 4 is 0 Å². The number of hydrogen-bond donors (Lipinski definition) is 1. The summed E-state index contributed by atoms with van der Waals surface area (Å²) in [5.74, 6) is 1.01. The van der Waals surface area contributed by atoms with Crippen LogP contribution in [0.1, 0.15) is 45.4 Å². The van der Waals surface area contributed by atoms with E-state index >= 15 is 0 Å². The van der Waals surface area contributed by atoms with Crippen LogP contribution in [0.4, 0.5) is 0 Å². The molecule has 1 saturated heterocycles. The zero-order valence-electron chi connectivity index (χ0n) is 10.2. The highest BCUT2D eigenvalue weighted by Crippen LogP contribution is 2.25. The quantitative estimate of drug-likeness (QED) is 0.749. The molecule has 0 aromatic rings. The Labute approximate surface area is 94.4 Å². The molecule has 1 aliphatic carbocycles. The zero-order chi connectivity index (χ0) is 10.5. The molecule has 15 heavy (non-hydrogen) atoms. The van der Waals surface area contributed by atoms with Crippen molar-refractivity contribution in [3.8, 4) is 0 Å². The highest BCUT2D eigenvalue weighted by molar-refractivity contribution is 4.79. The third-order valence-electron chi connectivity index (χ3n) is 4.05. The molecule has 2 heteroatoms. The molecule has 0 bridgehead atoms. The van der Waals surface area contributed by atoms with Gasteiger partial charge in [-0.15, -0.1) is 0 Å². The van der Waals surface area contributed by atoms with Gasteiger partial charge in [-0.05, 0) is 64.2 Å². The summed E-state index contributed by atoms with van der Waals surface area (Å²) in [6, 6.07) is 0.818. The van der Waals surface area contributed by atoms with Gasteiger partial charge in [-0.25, -0.2) is 0 Å². The smallest absolute Gasteiger partial charge is 0.00915 e. The van der Waals surface area contributed by atoms with Gasteiger partial charge in [0.15, 0.2) is 0 Å². The van der Waals surface area contributed by atoms with Crippen LogP contribution >= 0.6 is 0 Å². The van der Waals surface area contributed by atoms with Crippen LogP contribution < -0.4 is 5.32 Å². The maximum absolute atomic E-state index is 3.76. The number of nitrogens with one attached hydrogen (secondary N) is 1. The molecule has 0 spiro atoms. The summed E-state index contributed by atoms with van der Waals surface area (Å²) in [5, 5.41) is 3.76. The second-order valence-corrected chi connectivity index (χ2v) is 5.32. The summed E-state index contributed by atoms with van der Waals surface area (Å²) >= 11 is 0. The monoisotopic (exact) mass is 210 g/mol. The van der Waals surface area contributed by atoms with E-state index in [9.17, 15) is 0 Å². The van der Waals surface area contributed by atoms with Crippen molar-refractivity contribution < 1.29 is 0 Å². The van der Waals surface area contributed by atoms with Crippen LogP contribution in [0.3, 0.4) is 0 Å². The zero-order valence-corrected chi connectivity index (χ0v) is 10.2. The second kappa shape index (κ2) is 5.86. The van der Waals surface area contributed by atoms with E-state index in [2.05, 4.69) is 17.1 Å². The third-order valence-corrected chi connectivity index (χ3v) is 4.05. The van der Waals surface area contributed by atoms with Crippen LogP contribution in [0.15, 0.2) is 0 Å². The van der Waals surface area contributed by atoms with E-state index in [1.54, 1.807) is 0 Å². The van der Waals surface area contributed by atoms with E-state index in [4.69, 9.17) is 0 Å². The standard InChI is InChI=1S/C13H26N2/c1-2-8-15-9-6-13(7-10-15)14-11-12-4-3-5-12/h12-14H,2-11H2,1H3. The molecule has 0 atom stereocenters. The molecule has 2 nitrogen and oxygen atoms in total. The molecule has 1 saturated carbocycles. The Morgan fingerprint density at radius 3 is 2.40 bits per heavy atom. The lowest BCUT2D eigenvalue weighted by molar-refractivity contribution is 0.187. The van der Waals surface area contributed by atoms with Crippen LogP contribution in [0.2, 0.25) is 0 Å². The number of piperidine rings is 1. The van der Waals surface area contributed by atoms with Crippen molar-refractivity contribution in [3.05, 3.63) is 0 Å². The Kier molecular flexibility index (Phi) is 4.45. The molecule has 2 fully saturated rings. The predicted molar refractivity (Wildman–Crippen MR) is 65.1 cm³/mol. The fourth-order valence-corrected chi connectivity index (χ4v) is 2.71. The number of rotatable bonds is 5. The van der Waals surface area contributed by atoms with E-state index in [-0.39, 0.29) is 0 Å². The number of likely N-dealkylation sites (tertiary alicyclic amines) is 1. The number of hydrogen-bond acceptors (Lipinski definition) is 2. The highest BCUT2D eigenvalue weighted by Gasteiger charge is 2.21. The van der Waals surface area contributed by atoms with E-state index in [1.165, 1.54) is 64.7 Å². The van der Waals surface area contributed by atoms with Gasteiger partial charge in [-0.3, -0.25) is 0 Å². The van der Waals surface area contributed by atoms with Crippen molar-refractivity contribution in [3.63, 3.8) is 0 Å². The first-order valence-corrected chi connectivity index (χ1v) is 6.84. The molecule has 0 aromatic heterocycles. The Bertz CT molecular complexity index is 169. The van der Waals surface area contributed by atoms with Crippen molar-refractivity contribution in [1.82, 2.24) is 10.2 Å². The summed E-state index contributed by atoms with van der Waals surface area (Å²) in [5.41, 5.74) is 0. The van der Waals surface area contributed by atoms with Crippen LogP contribution in [0, 0.1) is 5.92 Å². The van der Waals surface area contributed by atoms with Gasteiger partial charge in [-0.1, -0.05) is 13.3 Å². The first kappa shape index (κ1) is 11.4. The van der Waals surface area contributed by atoms with Crippen molar-refractivity contribution in [2.45, 2.75) is 51.5 Å². The summed E-state index contributed by atoms with van der Waals surface area (Å²) in [7, 11) is 0. The SMILES string of the molecule is CCCN1CCC(NCC2CCC2)CC1. The second-order valence-electron chi connectivity index (χ2n) is 5.32. The molecule has 0 radical (unpaired) electrons. The summed E-state index contributed by atoms with van der Waals surface area (Å²) in [6.45, 7) is 7.50. The molecule has 0 unspecified atom stereocenters. The predicted octanol–water partition coefficient (Wildman–Crippen LogP) is 2.25. The first-order chi connectivity index (χ1) is 7.38. The molecule has 88 valence electrons. The lowest BCUT2D eigenvalue weighted by Crippen LogP contribution is -2.44. The van der Waals surface area contributed by atoms with Gasteiger partial charge in [-0.2, -0.15) is 0 Å². The van der Waals surface area contributed by atoms with Crippen LogP contribution in [-0.2, 0) is 0 Å². The van der Waals surface area contributed by atoms with Gasteiger partial charge in [0.1, 0.15) is 0 Å². The fraction of sp³-hybridized carbons (Fsp3) is 1.00. The van der Waals surface area contributed by atoms with E-state index in [0.29, 0.717) is 0 Å². The molecular weight excluding hydrogens is 184 g/mol. The molecule has 2 rings (SSSR count). The maximum Gasteiger partial charge on any atom is 0.00915 e. The van der Waals surface area contributed by atoms with Gasteiger partial charge in [0.05, 0.1) is 0 Å². The lowest BCUT2D eigenvalue weighted by atomic mass is 9.85. The molecule has 1 N–H and O–H groups in total. The van der Waals surface area contributed by atoms with E-state index in [1.807, 2.05) is 0 Å². The highest BCUT2D eigenvalue weighted by atomic mass is 15.1. The normalized spacial score (nSPS) is 25.4. The minimum atomic E-state index is 0.818. The van der Waals surface area contributed by atoms with Crippen LogP contribution in [0.25, 0.3) is 0 Å². The molecule has 1 aliphatic heterocycles. The van der Waals surface area contributed by atoms with Crippen molar-refractivity contribution in [2.75, 3.05) is 26.2 Å². The van der Waals surface area contributed by atoms with Gasteiger partial charge in [0.25, 0.3) is 0 Å². The fourth-order valence-electron chi connectivity index (χ4n) is 2.71. The molecular formula is C13H26N2. The average Bonchev–Trinajstić information content (AvgIpc) is 2.19. The Morgan fingerprint density at radius 2 is 1.87 bits per heavy atom. The van der Waals surface area contributed by atoms with Crippen LogP contribution in [0.5, 0.6) is 0 Å². The van der Waals surface area contributed by atoms with Crippen molar-refractivity contribution in [1.29, 1.82) is 0 Å².